The van der Waals surface area contributed by atoms with E-state index in [2.05, 4.69) is 10.5 Å². The summed E-state index contributed by atoms with van der Waals surface area (Å²) in [5.41, 5.74) is 3.67. The molecule has 0 radical (unpaired) electrons. The molecule has 0 spiro atoms. The van der Waals surface area contributed by atoms with Crippen molar-refractivity contribution >= 4 is 17.4 Å². The van der Waals surface area contributed by atoms with E-state index in [-0.39, 0.29) is 11.6 Å². The standard InChI is InChI=1S/C12H16N2O2/c1-9(2)8-11(12(15)16)14-13-10-6-4-3-5-7-10/h3-7,9,13H,8H2,1-2H3,(H,15,16). The molecule has 0 aromatic heterocycles. The Kier molecular flexibility index (Phi) is 4.51. The number of hydrazone groups is 1. The molecular formula is C12H16N2O2. The van der Waals surface area contributed by atoms with E-state index in [1.165, 1.54) is 0 Å². The highest BCUT2D eigenvalue weighted by molar-refractivity contribution is 6.35. The average molecular weight is 220 g/mol. The number of hydrogen-bond acceptors (Lipinski definition) is 3. The molecule has 0 unspecified atom stereocenters. The molecular weight excluding hydrogens is 204 g/mol. The molecule has 0 aliphatic carbocycles. The van der Waals surface area contributed by atoms with Gasteiger partial charge in [0.2, 0.25) is 0 Å². The van der Waals surface area contributed by atoms with Crippen LogP contribution in [0.2, 0.25) is 0 Å². The van der Waals surface area contributed by atoms with Gasteiger partial charge in [-0.1, -0.05) is 32.0 Å². The van der Waals surface area contributed by atoms with Gasteiger partial charge in [0.25, 0.3) is 0 Å². The van der Waals surface area contributed by atoms with Crippen LogP contribution in [0.25, 0.3) is 0 Å². The molecule has 4 heteroatoms. The van der Waals surface area contributed by atoms with Crippen molar-refractivity contribution in [3.63, 3.8) is 0 Å². The largest absolute Gasteiger partial charge is 0.477 e. The van der Waals surface area contributed by atoms with E-state index in [1.54, 1.807) is 0 Å². The van der Waals surface area contributed by atoms with Crippen LogP contribution < -0.4 is 5.43 Å². The van der Waals surface area contributed by atoms with Crippen molar-refractivity contribution in [2.45, 2.75) is 20.3 Å². The summed E-state index contributed by atoms with van der Waals surface area (Å²) in [7, 11) is 0. The van der Waals surface area contributed by atoms with Gasteiger partial charge in [-0.25, -0.2) is 4.79 Å². The molecule has 1 aromatic rings. The second-order valence-corrected chi connectivity index (χ2v) is 3.94. The third kappa shape index (κ3) is 4.13. The Morgan fingerprint density at radius 2 is 2.00 bits per heavy atom. The Morgan fingerprint density at radius 3 is 2.50 bits per heavy atom. The topological polar surface area (TPSA) is 61.7 Å². The zero-order valence-corrected chi connectivity index (χ0v) is 9.47. The number of hydrogen-bond donors (Lipinski definition) is 2. The van der Waals surface area contributed by atoms with E-state index in [9.17, 15) is 4.79 Å². The first-order valence-corrected chi connectivity index (χ1v) is 5.20. The molecule has 2 N–H and O–H groups in total. The summed E-state index contributed by atoms with van der Waals surface area (Å²) >= 11 is 0. The molecule has 16 heavy (non-hydrogen) atoms. The lowest BCUT2D eigenvalue weighted by Crippen LogP contribution is -2.17. The van der Waals surface area contributed by atoms with E-state index in [0.717, 1.165) is 5.69 Å². The van der Waals surface area contributed by atoms with Gasteiger partial charge in [-0.05, 0) is 18.1 Å². The summed E-state index contributed by atoms with van der Waals surface area (Å²) in [6.07, 6.45) is 0.454. The molecule has 0 amide bonds. The number of anilines is 1. The van der Waals surface area contributed by atoms with Crippen molar-refractivity contribution in [2.24, 2.45) is 11.0 Å². The van der Waals surface area contributed by atoms with E-state index in [0.29, 0.717) is 6.42 Å². The number of para-hydroxylation sites is 1. The molecule has 0 saturated heterocycles. The van der Waals surface area contributed by atoms with Crippen LogP contribution >= 0.6 is 0 Å². The fraction of sp³-hybridized carbons (Fsp3) is 0.333. The normalized spacial score (nSPS) is 11.6. The zero-order valence-electron chi connectivity index (χ0n) is 9.47. The minimum absolute atomic E-state index is 0.152. The first-order valence-electron chi connectivity index (χ1n) is 5.20. The quantitative estimate of drug-likeness (QED) is 0.592. The smallest absolute Gasteiger partial charge is 0.352 e. The van der Waals surface area contributed by atoms with Crippen molar-refractivity contribution < 1.29 is 9.90 Å². The predicted molar refractivity (Wildman–Crippen MR) is 64.6 cm³/mol. The van der Waals surface area contributed by atoms with Crippen LogP contribution in [0.5, 0.6) is 0 Å². The number of carboxylic acids is 1. The van der Waals surface area contributed by atoms with Crippen molar-refractivity contribution in [1.82, 2.24) is 0 Å². The third-order valence-electron chi connectivity index (χ3n) is 1.94. The van der Waals surface area contributed by atoms with Gasteiger partial charge >= 0.3 is 5.97 Å². The fourth-order valence-electron chi connectivity index (χ4n) is 1.21. The summed E-state index contributed by atoms with van der Waals surface area (Å²) in [6, 6.07) is 9.28. The summed E-state index contributed by atoms with van der Waals surface area (Å²) in [5.74, 6) is -0.704. The minimum atomic E-state index is -0.975. The molecule has 0 bridgehead atoms. The van der Waals surface area contributed by atoms with Gasteiger partial charge in [0, 0.05) is 6.42 Å². The van der Waals surface area contributed by atoms with Gasteiger partial charge in [-0.3, -0.25) is 5.43 Å². The van der Waals surface area contributed by atoms with E-state index >= 15 is 0 Å². The number of carbonyl (C=O) groups is 1. The number of aliphatic carboxylic acids is 1. The number of nitrogens with one attached hydrogen (secondary N) is 1. The van der Waals surface area contributed by atoms with Crippen molar-refractivity contribution in [1.29, 1.82) is 0 Å². The molecule has 1 rings (SSSR count). The van der Waals surface area contributed by atoms with Gasteiger partial charge in [0.05, 0.1) is 5.69 Å². The molecule has 0 heterocycles. The van der Waals surface area contributed by atoms with Crippen LogP contribution in [0.1, 0.15) is 20.3 Å². The molecule has 0 aliphatic rings. The number of benzene rings is 1. The van der Waals surface area contributed by atoms with Gasteiger partial charge in [0.1, 0.15) is 5.71 Å². The maximum absolute atomic E-state index is 10.9. The maximum Gasteiger partial charge on any atom is 0.352 e. The molecule has 0 atom stereocenters. The molecule has 1 aromatic carbocycles. The van der Waals surface area contributed by atoms with Crippen molar-refractivity contribution in [2.75, 3.05) is 5.43 Å². The number of rotatable bonds is 5. The maximum atomic E-state index is 10.9. The van der Waals surface area contributed by atoms with Crippen LogP contribution in [0.4, 0.5) is 5.69 Å². The number of nitrogens with zero attached hydrogens (tertiary/aromatic N) is 1. The minimum Gasteiger partial charge on any atom is -0.477 e. The van der Waals surface area contributed by atoms with Gasteiger partial charge in [-0.2, -0.15) is 5.10 Å². The lowest BCUT2D eigenvalue weighted by Gasteiger charge is -2.05. The first-order chi connectivity index (χ1) is 7.59. The fourth-order valence-corrected chi connectivity index (χ4v) is 1.21. The Labute approximate surface area is 95.0 Å². The zero-order chi connectivity index (χ0) is 12.0. The summed E-state index contributed by atoms with van der Waals surface area (Å²) < 4.78 is 0. The van der Waals surface area contributed by atoms with Crippen LogP contribution in [0.3, 0.4) is 0 Å². The molecule has 4 nitrogen and oxygen atoms in total. The van der Waals surface area contributed by atoms with Gasteiger partial charge in [0.15, 0.2) is 0 Å². The monoisotopic (exact) mass is 220 g/mol. The second-order valence-electron chi connectivity index (χ2n) is 3.94. The van der Waals surface area contributed by atoms with Crippen LogP contribution in [0, 0.1) is 5.92 Å². The van der Waals surface area contributed by atoms with Crippen molar-refractivity contribution in [3.05, 3.63) is 30.3 Å². The first kappa shape index (κ1) is 12.2. The highest BCUT2D eigenvalue weighted by atomic mass is 16.4. The van der Waals surface area contributed by atoms with Gasteiger partial charge in [-0.15, -0.1) is 0 Å². The summed E-state index contributed by atoms with van der Waals surface area (Å²) in [5, 5.41) is 12.8. The molecule has 0 aliphatic heterocycles. The Bertz CT molecular complexity index is 372. The highest BCUT2D eigenvalue weighted by Crippen LogP contribution is 2.07. The van der Waals surface area contributed by atoms with E-state index < -0.39 is 5.97 Å². The van der Waals surface area contributed by atoms with Crippen LogP contribution in [-0.2, 0) is 4.79 Å². The Morgan fingerprint density at radius 1 is 1.38 bits per heavy atom. The SMILES string of the molecule is CC(C)CC(=NNc1ccccc1)C(=O)O. The van der Waals surface area contributed by atoms with Gasteiger partial charge < -0.3 is 5.11 Å². The Hall–Kier alpha value is -1.84. The van der Waals surface area contributed by atoms with Crippen molar-refractivity contribution in [3.8, 4) is 0 Å². The third-order valence-corrected chi connectivity index (χ3v) is 1.94. The Balaban J connectivity index is 2.68. The summed E-state index contributed by atoms with van der Waals surface area (Å²) in [4.78, 5) is 10.9. The predicted octanol–water partition coefficient (Wildman–Crippen LogP) is 2.59. The average Bonchev–Trinajstić information content (AvgIpc) is 2.25. The lowest BCUT2D eigenvalue weighted by molar-refractivity contribution is -0.129. The second kappa shape index (κ2) is 5.90. The van der Waals surface area contributed by atoms with Crippen LogP contribution in [-0.4, -0.2) is 16.8 Å². The van der Waals surface area contributed by atoms with E-state index in [1.807, 2.05) is 44.2 Å². The highest BCUT2D eigenvalue weighted by Gasteiger charge is 2.11. The molecule has 86 valence electrons. The molecule has 0 saturated carbocycles. The van der Waals surface area contributed by atoms with E-state index in [4.69, 9.17) is 5.11 Å². The summed E-state index contributed by atoms with van der Waals surface area (Å²) in [6.45, 7) is 3.92. The van der Waals surface area contributed by atoms with Crippen LogP contribution in [0.15, 0.2) is 35.4 Å². The number of carboxylic acid groups (broad SMARTS) is 1. The molecule has 0 fully saturated rings. The lowest BCUT2D eigenvalue weighted by atomic mass is 10.1.